The predicted octanol–water partition coefficient (Wildman–Crippen LogP) is 3.34. The molecule has 0 spiro atoms. The third-order valence-corrected chi connectivity index (χ3v) is 3.83. The number of ether oxygens (including phenoxy) is 1. The Hall–Kier alpha value is -2.35. The molecule has 0 unspecified atom stereocenters. The van der Waals surface area contributed by atoms with Gasteiger partial charge in [0.15, 0.2) is 0 Å². The number of nitrogens with zero attached hydrogens (tertiary/aromatic N) is 2. The van der Waals surface area contributed by atoms with Crippen LogP contribution in [-0.2, 0) is 4.74 Å². The highest BCUT2D eigenvalue weighted by Crippen LogP contribution is 2.31. The molecule has 0 saturated carbocycles. The lowest BCUT2D eigenvalue weighted by Crippen LogP contribution is -2.03. The topological polar surface area (TPSA) is 82.3 Å². The number of carbonyl (C=O) groups is 1. The van der Waals surface area contributed by atoms with Gasteiger partial charge < -0.3 is 4.74 Å². The highest BCUT2D eigenvalue weighted by atomic mass is 32.1. The Kier molecular flexibility index (Phi) is 4.27. The van der Waals surface area contributed by atoms with E-state index >= 15 is 0 Å². The third kappa shape index (κ3) is 3.05. The predicted molar refractivity (Wildman–Crippen MR) is 74.9 cm³/mol. The minimum absolute atomic E-state index is 0.244. The van der Waals surface area contributed by atoms with Crippen LogP contribution in [0.1, 0.15) is 22.3 Å². The quantitative estimate of drug-likeness (QED) is 0.491. The minimum Gasteiger partial charge on any atom is -0.462 e. The molecular weight excluding hydrogens is 299 g/mol. The smallest absolute Gasteiger partial charge is 0.350 e. The number of nitro benzene ring substituents is 1. The molecule has 0 amide bonds. The summed E-state index contributed by atoms with van der Waals surface area (Å²) >= 11 is 1.06. The first-order valence-corrected chi connectivity index (χ1v) is 6.84. The van der Waals surface area contributed by atoms with Crippen molar-refractivity contribution in [3.8, 4) is 10.6 Å². The number of esters is 1. The van der Waals surface area contributed by atoms with Crippen molar-refractivity contribution >= 4 is 23.0 Å². The SMILES string of the molecule is CCOC(=O)c1sc(-c2ccc(F)c([N+](=O)[O-])c2)nc1C. The first-order valence-electron chi connectivity index (χ1n) is 6.03. The summed E-state index contributed by atoms with van der Waals surface area (Å²) in [6.45, 7) is 3.58. The number of nitro groups is 1. The zero-order chi connectivity index (χ0) is 15.6. The highest BCUT2D eigenvalue weighted by Gasteiger charge is 2.20. The number of thiazole rings is 1. The van der Waals surface area contributed by atoms with Gasteiger partial charge in [0.1, 0.15) is 9.88 Å². The van der Waals surface area contributed by atoms with E-state index < -0.39 is 22.4 Å². The molecule has 0 N–H and O–H groups in total. The van der Waals surface area contributed by atoms with Crippen LogP contribution in [0.5, 0.6) is 0 Å². The van der Waals surface area contributed by atoms with Gasteiger partial charge in [0.2, 0.25) is 5.82 Å². The van der Waals surface area contributed by atoms with Gasteiger partial charge in [-0.25, -0.2) is 9.78 Å². The van der Waals surface area contributed by atoms with Crippen molar-refractivity contribution in [2.45, 2.75) is 13.8 Å². The number of rotatable bonds is 4. The molecule has 2 rings (SSSR count). The van der Waals surface area contributed by atoms with Crippen molar-refractivity contribution in [3.63, 3.8) is 0 Å². The fourth-order valence-corrected chi connectivity index (χ4v) is 2.65. The maximum Gasteiger partial charge on any atom is 0.350 e. The van der Waals surface area contributed by atoms with E-state index in [1.165, 1.54) is 6.07 Å². The first kappa shape index (κ1) is 15.0. The summed E-state index contributed by atoms with van der Waals surface area (Å²) in [6.07, 6.45) is 0. The second-order valence-electron chi connectivity index (χ2n) is 4.08. The normalized spacial score (nSPS) is 10.4. The average Bonchev–Trinajstić information content (AvgIpc) is 2.81. The summed E-state index contributed by atoms with van der Waals surface area (Å²) in [7, 11) is 0. The second kappa shape index (κ2) is 5.96. The molecule has 1 aromatic heterocycles. The van der Waals surface area contributed by atoms with Gasteiger partial charge in [-0.1, -0.05) is 0 Å². The number of aryl methyl sites for hydroxylation is 1. The molecule has 1 aromatic carbocycles. The van der Waals surface area contributed by atoms with E-state index in [4.69, 9.17) is 4.74 Å². The molecule has 0 fully saturated rings. The molecule has 6 nitrogen and oxygen atoms in total. The molecular formula is C13H11FN2O4S. The monoisotopic (exact) mass is 310 g/mol. The number of aromatic nitrogens is 1. The molecule has 0 aliphatic rings. The van der Waals surface area contributed by atoms with Gasteiger partial charge in [-0.2, -0.15) is 4.39 Å². The van der Waals surface area contributed by atoms with Gasteiger partial charge in [0, 0.05) is 11.6 Å². The lowest BCUT2D eigenvalue weighted by atomic mass is 10.2. The van der Waals surface area contributed by atoms with Crippen LogP contribution in [0.25, 0.3) is 10.6 Å². The Balaban J connectivity index is 2.44. The second-order valence-corrected chi connectivity index (χ2v) is 5.08. The standard InChI is InChI=1S/C13H11FN2O4S/c1-3-20-13(17)11-7(2)15-12(21-11)8-4-5-9(14)10(6-8)16(18)19/h4-6H,3H2,1-2H3. The zero-order valence-corrected chi connectivity index (χ0v) is 12.1. The Morgan fingerprint density at radius 1 is 1.52 bits per heavy atom. The molecule has 0 radical (unpaired) electrons. The number of benzene rings is 1. The van der Waals surface area contributed by atoms with Gasteiger partial charge in [0.05, 0.1) is 17.2 Å². The zero-order valence-electron chi connectivity index (χ0n) is 11.3. The van der Waals surface area contributed by atoms with Crippen LogP contribution < -0.4 is 0 Å². The van der Waals surface area contributed by atoms with E-state index in [1.54, 1.807) is 13.8 Å². The van der Waals surface area contributed by atoms with Crippen LogP contribution >= 0.6 is 11.3 Å². The van der Waals surface area contributed by atoms with E-state index in [0.717, 1.165) is 23.5 Å². The molecule has 0 saturated heterocycles. The van der Waals surface area contributed by atoms with Crippen molar-refractivity contribution in [1.29, 1.82) is 0 Å². The van der Waals surface area contributed by atoms with Gasteiger partial charge in [-0.3, -0.25) is 10.1 Å². The van der Waals surface area contributed by atoms with Crippen molar-refractivity contribution < 1.29 is 18.8 Å². The fourth-order valence-electron chi connectivity index (χ4n) is 1.69. The third-order valence-electron chi connectivity index (χ3n) is 2.65. The lowest BCUT2D eigenvalue weighted by Gasteiger charge is -1.98. The summed E-state index contributed by atoms with van der Waals surface area (Å²) < 4.78 is 18.2. The van der Waals surface area contributed by atoms with Crippen LogP contribution in [0.4, 0.5) is 10.1 Å². The maximum absolute atomic E-state index is 13.3. The Morgan fingerprint density at radius 3 is 2.86 bits per heavy atom. The number of hydrogen-bond donors (Lipinski definition) is 0. The fraction of sp³-hybridized carbons (Fsp3) is 0.231. The van der Waals surface area contributed by atoms with Gasteiger partial charge in [0.25, 0.3) is 0 Å². The van der Waals surface area contributed by atoms with E-state index in [9.17, 15) is 19.3 Å². The molecule has 21 heavy (non-hydrogen) atoms. The lowest BCUT2D eigenvalue weighted by molar-refractivity contribution is -0.387. The molecule has 0 aliphatic carbocycles. The molecule has 0 atom stereocenters. The minimum atomic E-state index is -0.914. The van der Waals surface area contributed by atoms with Crippen molar-refractivity contribution in [2.24, 2.45) is 0 Å². The number of carbonyl (C=O) groups excluding carboxylic acids is 1. The summed E-state index contributed by atoms with van der Waals surface area (Å²) in [5, 5.41) is 11.1. The Labute approximate surface area is 123 Å². The summed E-state index contributed by atoms with van der Waals surface area (Å²) in [5.41, 5.74) is 0.227. The average molecular weight is 310 g/mol. The molecule has 2 aromatic rings. The van der Waals surface area contributed by atoms with E-state index in [2.05, 4.69) is 4.98 Å². The number of halogens is 1. The van der Waals surface area contributed by atoms with Gasteiger partial charge in [-0.15, -0.1) is 11.3 Å². The molecule has 8 heteroatoms. The molecule has 0 aliphatic heterocycles. The van der Waals surface area contributed by atoms with Crippen molar-refractivity contribution in [2.75, 3.05) is 6.61 Å². The van der Waals surface area contributed by atoms with Gasteiger partial charge in [-0.05, 0) is 26.0 Å². The maximum atomic E-state index is 13.3. The van der Waals surface area contributed by atoms with Crippen LogP contribution in [0.2, 0.25) is 0 Å². The summed E-state index contributed by atoms with van der Waals surface area (Å²) in [4.78, 5) is 26.2. The van der Waals surface area contributed by atoms with Crippen LogP contribution in [-0.4, -0.2) is 22.5 Å². The Bertz CT molecular complexity index is 714. The largest absolute Gasteiger partial charge is 0.462 e. The summed E-state index contributed by atoms with van der Waals surface area (Å²) in [6, 6.07) is 3.49. The van der Waals surface area contributed by atoms with E-state index in [1.807, 2.05) is 0 Å². The molecule has 0 bridgehead atoms. The molecule has 1 heterocycles. The van der Waals surface area contributed by atoms with Crippen molar-refractivity contribution in [3.05, 3.63) is 44.7 Å². The van der Waals surface area contributed by atoms with Gasteiger partial charge >= 0.3 is 11.7 Å². The van der Waals surface area contributed by atoms with E-state index in [-0.39, 0.29) is 6.61 Å². The molecule has 110 valence electrons. The first-order chi connectivity index (χ1) is 9.93. The van der Waals surface area contributed by atoms with Crippen LogP contribution in [0, 0.1) is 22.9 Å². The highest BCUT2D eigenvalue weighted by molar-refractivity contribution is 7.17. The Morgan fingerprint density at radius 2 is 2.24 bits per heavy atom. The van der Waals surface area contributed by atoms with Crippen LogP contribution in [0.3, 0.4) is 0 Å². The van der Waals surface area contributed by atoms with Crippen LogP contribution in [0.15, 0.2) is 18.2 Å². The number of hydrogen-bond acceptors (Lipinski definition) is 6. The summed E-state index contributed by atoms with van der Waals surface area (Å²) in [5.74, 6) is -1.40. The van der Waals surface area contributed by atoms with Crippen molar-refractivity contribution in [1.82, 2.24) is 4.98 Å². The van der Waals surface area contributed by atoms with E-state index in [0.29, 0.717) is 21.1 Å².